The number of fused-ring (bicyclic) bond motifs is 14. The molecule has 49 heavy (non-hydrogen) atoms. The van der Waals surface area contributed by atoms with Crippen LogP contribution < -0.4 is 11.0 Å². The fraction of sp³-hybridized carbons (Fsp3) is 0.200. The zero-order chi connectivity index (χ0) is 34.7. The fourth-order valence-electron chi connectivity index (χ4n) is 6.19. The van der Waals surface area contributed by atoms with E-state index in [1.807, 2.05) is 79.7 Å². The van der Waals surface area contributed by atoms with Gasteiger partial charge in [-0.05, 0) is 0 Å². The normalized spacial score (nSPS) is 13.5. The Labute approximate surface area is 293 Å². The van der Waals surface area contributed by atoms with Crippen molar-refractivity contribution in [2.45, 2.75) is 55.4 Å². The molecule has 0 atom stereocenters. The summed E-state index contributed by atoms with van der Waals surface area (Å²) in [7, 11) is 0. The predicted octanol–water partition coefficient (Wildman–Crippen LogP) is 8.57. The van der Waals surface area contributed by atoms with Crippen LogP contribution in [-0.2, 0) is 0 Å². The Hall–Kier alpha value is -5.23. The summed E-state index contributed by atoms with van der Waals surface area (Å²) < 4.78 is 4.48. The molecule has 243 valence electrons. The average Bonchev–Trinajstić information content (AvgIpc) is 3.89. The first-order chi connectivity index (χ1) is 24.3. The third kappa shape index (κ3) is 5.40. The molecular formula is C40H40AlN8. The predicted molar refractivity (Wildman–Crippen MR) is 206 cm³/mol. The van der Waals surface area contributed by atoms with Crippen LogP contribution in [0.15, 0.2) is 127 Å². The molecule has 0 unspecified atom stereocenters. The largest absolute Gasteiger partial charge is 0.568 e. The molecule has 0 saturated heterocycles. The van der Waals surface area contributed by atoms with Crippen molar-refractivity contribution in [1.82, 2.24) is 7.10 Å². The number of aromatic nitrogens is 2. The van der Waals surface area contributed by atoms with Crippen LogP contribution in [-0.4, -0.2) is 46.1 Å². The molecule has 0 N–H and O–H groups in total. The van der Waals surface area contributed by atoms with Gasteiger partial charge < -0.3 is 7.10 Å². The Kier molecular flexibility index (Phi) is 9.95. The van der Waals surface area contributed by atoms with Crippen LogP contribution in [0.25, 0.3) is 21.5 Å². The van der Waals surface area contributed by atoms with E-state index in [2.05, 4.69) is 79.9 Å². The number of nitrogens with zero attached hydrogens (tertiary/aromatic N) is 8. The van der Waals surface area contributed by atoms with Crippen LogP contribution in [0.4, 0.5) is 11.6 Å². The van der Waals surface area contributed by atoms with Gasteiger partial charge in [0.25, 0.3) is 0 Å². The number of benzene rings is 4. The molecule has 0 spiro atoms. The van der Waals surface area contributed by atoms with Crippen molar-refractivity contribution in [2.24, 2.45) is 30.0 Å². The van der Waals surface area contributed by atoms with Crippen molar-refractivity contribution in [3.8, 4) is 0 Å². The Bertz CT molecular complexity index is 2290. The maximum Gasteiger partial charge on any atom is 0.568 e. The van der Waals surface area contributed by atoms with Gasteiger partial charge in [-0.1, -0.05) is 152 Å². The second-order valence-electron chi connectivity index (χ2n) is 10.3. The van der Waals surface area contributed by atoms with Crippen LogP contribution in [0.2, 0.25) is 0 Å². The van der Waals surface area contributed by atoms with E-state index < -0.39 is 15.7 Å². The lowest BCUT2D eigenvalue weighted by atomic mass is 10.1. The number of hydrogen-bond acceptors (Lipinski definition) is 6. The number of hydrogen-bond donors (Lipinski definition) is 0. The minimum absolute atomic E-state index is 0.639. The first kappa shape index (κ1) is 33.7. The first-order valence-electron chi connectivity index (χ1n) is 17.4. The second-order valence-corrected chi connectivity index (χ2v) is 11.6. The summed E-state index contributed by atoms with van der Waals surface area (Å²) in [6, 6.07) is 33.0. The molecule has 0 aliphatic carbocycles. The molecule has 0 fully saturated rings. The molecule has 0 amide bonds. The molecule has 6 bridgehead atoms. The number of aliphatic imine (C=N–C) groups is 4. The summed E-state index contributed by atoms with van der Waals surface area (Å²) in [4.78, 5) is 31.0. The Morgan fingerprint density at radius 2 is 0.653 bits per heavy atom. The lowest BCUT2D eigenvalue weighted by Crippen LogP contribution is -2.36. The Morgan fingerprint density at radius 3 is 1.02 bits per heavy atom. The number of rotatable bonds is 0. The van der Waals surface area contributed by atoms with Crippen molar-refractivity contribution < 1.29 is 0 Å². The topological polar surface area (TPSA) is 84.0 Å². The van der Waals surface area contributed by atoms with E-state index in [1.54, 1.807) is 0 Å². The van der Waals surface area contributed by atoms with Crippen LogP contribution in [0.5, 0.6) is 0 Å². The SMILES string of the molecule is CC.CC.CC.CC.c1ccc2c(c1)C1=NC2=Nc2c3ccccc3c3[n]2[Al][n]2c(c4ccccc4c2=NC2=NC(=N3)c3ccccc32)=N1. The number of amidine groups is 4. The average molecular weight is 660 g/mol. The highest BCUT2D eigenvalue weighted by atomic mass is 27.1. The van der Waals surface area contributed by atoms with E-state index >= 15 is 0 Å². The van der Waals surface area contributed by atoms with Crippen LogP contribution >= 0.6 is 0 Å². The minimum Gasteiger partial charge on any atom is -0.389 e. The summed E-state index contributed by atoms with van der Waals surface area (Å²) in [5, 5.41) is 4.10. The van der Waals surface area contributed by atoms with E-state index in [0.29, 0.717) is 23.3 Å². The van der Waals surface area contributed by atoms with Crippen molar-refractivity contribution in [3.05, 3.63) is 130 Å². The molecule has 4 aliphatic rings. The maximum absolute atomic E-state index is 5.24. The van der Waals surface area contributed by atoms with Gasteiger partial charge in [0.2, 0.25) is 0 Å². The van der Waals surface area contributed by atoms with E-state index in [1.165, 1.54) is 0 Å². The molecule has 9 heteroatoms. The monoisotopic (exact) mass is 659 g/mol. The van der Waals surface area contributed by atoms with E-state index in [4.69, 9.17) is 30.0 Å². The van der Waals surface area contributed by atoms with E-state index in [0.717, 1.165) is 66.4 Å². The Morgan fingerprint density at radius 1 is 0.347 bits per heavy atom. The van der Waals surface area contributed by atoms with Crippen LogP contribution in [0, 0.1) is 0 Å². The zero-order valence-electron chi connectivity index (χ0n) is 29.4. The highest BCUT2D eigenvalue weighted by molar-refractivity contribution is 6.37. The van der Waals surface area contributed by atoms with Gasteiger partial charge in [-0.3, -0.25) is 0 Å². The summed E-state index contributed by atoms with van der Waals surface area (Å²) in [5.41, 5.74) is 5.56. The van der Waals surface area contributed by atoms with Crippen LogP contribution in [0.3, 0.4) is 0 Å². The van der Waals surface area contributed by atoms with Gasteiger partial charge in [-0.2, -0.15) is 0 Å². The first-order valence-corrected chi connectivity index (χ1v) is 18.4. The van der Waals surface area contributed by atoms with Gasteiger partial charge in [0.15, 0.2) is 23.3 Å². The van der Waals surface area contributed by atoms with Gasteiger partial charge >= 0.3 is 15.7 Å². The molecule has 10 rings (SSSR count). The fourth-order valence-corrected chi connectivity index (χ4v) is 7.64. The summed E-state index contributed by atoms with van der Waals surface area (Å²) in [6.07, 6.45) is 0. The van der Waals surface area contributed by atoms with E-state index in [-0.39, 0.29) is 0 Å². The van der Waals surface area contributed by atoms with Gasteiger partial charge in [0.1, 0.15) is 22.6 Å². The minimum atomic E-state index is -0.639. The molecule has 4 aromatic carbocycles. The van der Waals surface area contributed by atoms with Crippen LogP contribution in [0.1, 0.15) is 77.6 Å². The van der Waals surface area contributed by atoms with Gasteiger partial charge in [0, 0.05) is 43.8 Å². The van der Waals surface area contributed by atoms with Gasteiger partial charge in [-0.15, -0.1) is 0 Å². The molecular weight excluding hydrogens is 619 g/mol. The standard InChI is InChI=1S/C32H16N8.4C2H6.Al/c1-2-10-18-17(9-1)25-33-26(18)38-28-21-13-5-6-14-22(21)30(35-28)40-32-24-16-8-7-15-23(24)31(36-32)39-29-20-12-4-3-11-19(20)27(34-29)37-25;4*1-2;/h1-16H;4*1-2H3;/q-2;;;;;+2. The quantitative estimate of drug-likeness (QED) is 0.146. The van der Waals surface area contributed by atoms with Gasteiger partial charge in [-0.25, -0.2) is 30.0 Å². The summed E-state index contributed by atoms with van der Waals surface area (Å²) >= 11 is -0.639. The van der Waals surface area contributed by atoms with Crippen molar-refractivity contribution in [1.29, 1.82) is 0 Å². The van der Waals surface area contributed by atoms with Gasteiger partial charge in [0.05, 0.1) is 0 Å². The molecule has 8 nitrogen and oxygen atoms in total. The van der Waals surface area contributed by atoms with Crippen molar-refractivity contribution in [2.75, 3.05) is 0 Å². The summed E-state index contributed by atoms with van der Waals surface area (Å²) in [6.45, 7) is 16.0. The summed E-state index contributed by atoms with van der Waals surface area (Å²) in [5.74, 6) is 4.31. The Balaban J connectivity index is 0.000000489. The third-order valence-electron chi connectivity index (χ3n) is 8.05. The third-order valence-corrected chi connectivity index (χ3v) is 9.49. The van der Waals surface area contributed by atoms with E-state index in [9.17, 15) is 0 Å². The van der Waals surface area contributed by atoms with Crippen molar-refractivity contribution >= 4 is 72.2 Å². The highest BCUT2D eigenvalue weighted by Gasteiger charge is 2.30. The maximum atomic E-state index is 5.24. The molecule has 2 aromatic heterocycles. The lowest BCUT2D eigenvalue weighted by molar-refractivity contribution is 0.992. The molecule has 4 aliphatic heterocycles. The highest BCUT2D eigenvalue weighted by Crippen LogP contribution is 2.39. The molecule has 0 saturated carbocycles. The van der Waals surface area contributed by atoms with Crippen molar-refractivity contribution in [3.63, 3.8) is 0 Å². The molecule has 6 aromatic rings. The zero-order valence-corrected chi connectivity index (χ0v) is 30.5. The lowest BCUT2D eigenvalue weighted by Gasteiger charge is -2.11. The second kappa shape index (κ2) is 14.5. The smallest absolute Gasteiger partial charge is 0.389 e. The molecule has 6 heterocycles. The molecule has 1 radical (unpaired) electrons.